The van der Waals surface area contributed by atoms with Crippen LogP contribution >= 0.6 is 0 Å². The van der Waals surface area contributed by atoms with Gasteiger partial charge in [0.2, 0.25) is 5.91 Å². The lowest BCUT2D eigenvalue weighted by molar-refractivity contribution is -0.137. The van der Waals surface area contributed by atoms with Crippen molar-refractivity contribution in [2.24, 2.45) is 5.73 Å². The average molecular weight is 341 g/mol. The molecule has 2 amide bonds. The maximum atomic E-state index is 13.2. The smallest absolute Gasteiger partial charge is 0.337 e. The van der Waals surface area contributed by atoms with Crippen LogP contribution in [0.1, 0.15) is 35.2 Å². The van der Waals surface area contributed by atoms with E-state index in [2.05, 4.69) is 0 Å². The standard InChI is InChI=1S/C16H18F3N3O2/c17-16(18,19)11-6-10(15(24)21-5-3-12(20)9-21)7-13(8-11)22-4-1-2-14(22)23/h6-8,12H,1-5,9,20H2/t12-/m1/s1. The highest BCUT2D eigenvalue weighted by atomic mass is 19.4. The van der Waals surface area contributed by atoms with Crippen LogP contribution in [0.2, 0.25) is 0 Å². The van der Waals surface area contributed by atoms with Gasteiger partial charge in [-0.2, -0.15) is 13.2 Å². The third-order valence-electron chi connectivity index (χ3n) is 4.39. The molecule has 8 heteroatoms. The minimum atomic E-state index is -4.59. The van der Waals surface area contributed by atoms with Gasteiger partial charge >= 0.3 is 6.18 Å². The van der Waals surface area contributed by atoms with Crippen LogP contribution < -0.4 is 10.6 Å². The fourth-order valence-electron chi connectivity index (χ4n) is 3.13. The summed E-state index contributed by atoms with van der Waals surface area (Å²) in [6.45, 7) is 1.11. The van der Waals surface area contributed by atoms with Gasteiger partial charge in [-0.3, -0.25) is 9.59 Å². The quantitative estimate of drug-likeness (QED) is 0.895. The van der Waals surface area contributed by atoms with Crippen molar-refractivity contribution in [3.05, 3.63) is 29.3 Å². The summed E-state index contributed by atoms with van der Waals surface area (Å²) >= 11 is 0. The second kappa shape index (κ2) is 6.08. The molecule has 2 aliphatic heterocycles. The van der Waals surface area contributed by atoms with E-state index in [0.717, 1.165) is 12.1 Å². The molecule has 3 rings (SSSR count). The van der Waals surface area contributed by atoms with Crippen molar-refractivity contribution in [3.63, 3.8) is 0 Å². The van der Waals surface area contributed by atoms with Gasteiger partial charge in [0.15, 0.2) is 0 Å². The number of benzene rings is 1. The molecule has 5 nitrogen and oxygen atoms in total. The zero-order valence-corrected chi connectivity index (χ0v) is 13.0. The second-order valence-corrected chi connectivity index (χ2v) is 6.22. The van der Waals surface area contributed by atoms with Crippen molar-refractivity contribution in [3.8, 4) is 0 Å². The van der Waals surface area contributed by atoms with Crippen LogP contribution in [0, 0.1) is 0 Å². The predicted molar refractivity (Wildman–Crippen MR) is 81.5 cm³/mol. The van der Waals surface area contributed by atoms with E-state index in [0.29, 0.717) is 38.9 Å². The van der Waals surface area contributed by atoms with Gasteiger partial charge in [0.05, 0.1) is 5.56 Å². The first-order valence-corrected chi connectivity index (χ1v) is 7.83. The summed E-state index contributed by atoms with van der Waals surface area (Å²) in [5.74, 6) is -0.710. The number of amides is 2. The summed E-state index contributed by atoms with van der Waals surface area (Å²) in [7, 11) is 0. The number of nitrogens with two attached hydrogens (primary N) is 1. The number of nitrogens with zero attached hydrogens (tertiary/aromatic N) is 2. The number of halogens is 3. The van der Waals surface area contributed by atoms with E-state index in [1.807, 2.05) is 0 Å². The number of carbonyl (C=O) groups excluding carboxylic acids is 2. The van der Waals surface area contributed by atoms with Gasteiger partial charge in [0.25, 0.3) is 5.91 Å². The summed E-state index contributed by atoms with van der Waals surface area (Å²) in [4.78, 5) is 27.1. The molecule has 2 aliphatic rings. The number of anilines is 1. The van der Waals surface area contributed by atoms with Gasteiger partial charge in [0.1, 0.15) is 0 Å². The molecule has 0 saturated carbocycles. The Morgan fingerprint density at radius 1 is 1.21 bits per heavy atom. The first-order chi connectivity index (χ1) is 11.3. The Kier molecular flexibility index (Phi) is 4.25. The lowest BCUT2D eigenvalue weighted by atomic mass is 10.1. The number of hydrogen-bond donors (Lipinski definition) is 1. The Bertz CT molecular complexity index is 675. The molecular formula is C16H18F3N3O2. The van der Waals surface area contributed by atoms with E-state index in [4.69, 9.17) is 5.73 Å². The molecular weight excluding hydrogens is 323 g/mol. The highest BCUT2D eigenvalue weighted by molar-refractivity contribution is 5.99. The molecule has 0 unspecified atom stereocenters. The maximum Gasteiger partial charge on any atom is 0.416 e. The molecule has 2 saturated heterocycles. The summed E-state index contributed by atoms with van der Waals surface area (Å²) in [6, 6.07) is 2.98. The first-order valence-electron chi connectivity index (χ1n) is 7.83. The monoisotopic (exact) mass is 341 g/mol. The van der Waals surface area contributed by atoms with Gasteiger partial charge in [-0.15, -0.1) is 0 Å². The van der Waals surface area contributed by atoms with Gasteiger partial charge < -0.3 is 15.5 Å². The third kappa shape index (κ3) is 3.24. The molecule has 0 radical (unpaired) electrons. The molecule has 0 bridgehead atoms. The lowest BCUT2D eigenvalue weighted by Gasteiger charge is -2.21. The summed E-state index contributed by atoms with van der Waals surface area (Å²) in [5.41, 5.74) is 4.90. The number of alkyl halides is 3. The predicted octanol–water partition coefficient (Wildman–Crippen LogP) is 2.01. The molecule has 1 aromatic carbocycles. The van der Waals surface area contributed by atoms with E-state index in [9.17, 15) is 22.8 Å². The minimum absolute atomic E-state index is 0.0615. The molecule has 2 N–H and O–H groups in total. The molecule has 1 aromatic rings. The fraction of sp³-hybridized carbons (Fsp3) is 0.500. The number of hydrogen-bond acceptors (Lipinski definition) is 3. The minimum Gasteiger partial charge on any atom is -0.337 e. The van der Waals surface area contributed by atoms with Gasteiger partial charge in [-0.05, 0) is 31.0 Å². The molecule has 2 heterocycles. The molecule has 0 aliphatic carbocycles. The zero-order chi connectivity index (χ0) is 17.5. The van der Waals surface area contributed by atoms with E-state index >= 15 is 0 Å². The van der Waals surface area contributed by atoms with Crippen LogP contribution in [0.25, 0.3) is 0 Å². The normalized spacial score (nSPS) is 21.7. The average Bonchev–Trinajstić information content (AvgIpc) is 3.13. The molecule has 24 heavy (non-hydrogen) atoms. The summed E-state index contributed by atoms with van der Waals surface area (Å²) < 4.78 is 39.6. The van der Waals surface area contributed by atoms with Crippen molar-refractivity contribution >= 4 is 17.5 Å². The molecule has 0 spiro atoms. The number of carbonyl (C=O) groups is 2. The maximum absolute atomic E-state index is 13.2. The van der Waals surface area contributed by atoms with Gasteiger partial charge in [-0.1, -0.05) is 0 Å². The summed E-state index contributed by atoms with van der Waals surface area (Å²) in [5, 5.41) is 0. The number of rotatable bonds is 2. The van der Waals surface area contributed by atoms with Crippen LogP contribution in [0.4, 0.5) is 18.9 Å². The Morgan fingerprint density at radius 2 is 1.96 bits per heavy atom. The van der Waals surface area contributed by atoms with Crippen molar-refractivity contribution in [2.45, 2.75) is 31.5 Å². The first kappa shape index (κ1) is 16.8. The van der Waals surface area contributed by atoms with Crippen molar-refractivity contribution in [2.75, 3.05) is 24.5 Å². The SMILES string of the molecule is N[C@@H]1CCN(C(=O)c2cc(N3CCCC3=O)cc(C(F)(F)F)c2)C1. The van der Waals surface area contributed by atoms with Gasteiger partial charge in [0, 0.05) is 43.3 Å². The van der Waals surface area contributed by atoms with Crippen LogP contribution in [0.5, 0.6) is 0 Å². The molecule has 0 aromatic heterocycles. The van der Waals surface area contributed by atoms with Crippen LogP contribution in [-0.2, 0) is 11.0 Å². The highest BCUT2D eigenvalue weighted by Crippen LogP contribution is 2.34. The molecule has 1 atom stereocenters. The molecule has 2 fully saturated rings. The van der Waals surface area contributed by atoms with E-state index in [1.165, 1.54) is 15.9 Å². The largest absolute Gasteiger partial charge is 0.416 e. The second-order valence-electron chi connectivity index (χ2n) is 6.22. The van der Waals surface area contributed by atoms with Crippen LogP contribution in [0.3, 0.4) is 0 Å². The zero-order valence-electron chi connectivity index (χ0n) is 13.0. The van der Waals surface area contributed by atoms with Crippen molar-refractivity contribution in [1.29, 1.82) is 0 Å². The fourth-order valence-corrected chi connectivity index (χ4v) is 3.13. The summed E-state index contributed by atoms with van der Waals surface area (Å²) in [6.07, 6.45) is -3.06. The Labute approximate surface area is 137 Å². The third-order valence-corrected chi connectivity index (χ3v) is 4.39. The molecule has 130 valence electrons. The van der Waals surface area contributed by atoms with Crippen molar-refractivity contribution in [1.82, 2.24) is 4.90 Å². The van der Waals surface area contributed by atoms with Crippen LogP contribution in [0.15, 0.2) is 18.2 Å². The Balaban J connectivity index is 1.98. The van der Waals surface area contributed by atoms with Crippen LogP contribution in [-0.4, -0.2) is 42.4 Å². The Morgan fingerprint density at radius 3 is 2.50 bits per heavy atom. The number of likely N-dealkylation sites (tertiary alicyclic amines) is 1. The Hall–Kier alpha value is -2.09. The topological polar surface area (TPSA) is 66.6 Å². The van der Waals surface area contributed by atoms with Crippen molar-refractivity contribution < 1.29 is 22.8 Å². The van der Waals surface area contributed by atoms with E-state index in [-0.39, 0.29) is 23.2 Å². The van der Waals surface area contributed by atoms with Gasteiger partial charge in [-0.25, -0.2) is 0 Å². The highest BCUT2D eigenvalue weighted by Gasteiger charge is 2.34. The lowest BCUT2D eigenvalue weighted by Crippen LogP contribution is -2.32. The van der Waals surface area contributed by atoms with E-state index < -0.39 is 17.6 Å². The van der Waals surface area contributed by atoms with E-state index in [1.54, 1.807) is 0 Å².